The fraction of sp³-hybridized carbons (Fsp3) is 0.316. The fourth-order valence-corrected chi connectivity index (χ4v) is 2.63. The number of rotatable bonds is 4. The third-order valence-corrected chi connectivity index (χ3v) is 4.14. The number of anilines is 2. The van der Waals surface area contributed by atoms with E-state index in [1.54, 1.807) is 0 Å². The second-order valence-electron chi connectivity index (χ2n) is 6.57. The Hall–Kier alpha value is -2.71. The van der Waals surface area contributed by atoms with Gasteiger partial charge in [0, 0.05) is 50.7 Å². The molecule has 0 aliphatic rings. The van der Waals surface area contributed by atoms with E-state index in [2.05, 4.69) is 0 Å². The number of carbonyl (C=O) groups is 1. The van der Waals surface area contributed by atoms with Gasteiger partial charge < -0.3 is 9.80 Å². The third-order valence-electron chi connectivity index (χ3n) is 4.14. The summed E-state index contributed by atoms with van der Waals surface area (Å²) in [7, 11) is 6.05. The Morgan fingerprint density at radius 2 is 1.00 bits per heavy atom. The number of alkyl halides is 6. The maximum atomic E-state index is 13.5. The largest absolute Gasteiger partial charge is 0.417 e. The van der Waals surface area contributed by atoms with Crippen LogP contribution in [0, 0.1) is 0 Å². The van der Waals surface area contributed by atoms with Crippen molar-refractivity contribution in [2.45, 2.75) is 12.4 Å². The van der Waals surface area contributed by atoms with Crippen molar-refractivity contribution in [2.24, 2.45) is 0 Å². The summed E-state index contributed by atoms with van der Waals surface area (Å²) < 4.78 is 80.8. The quantitative estimate of drug-likeness (QED) is 0.524. The van der Waals surface area contributed by atoms with Crippen molar-refractivity contribution in [1.82, 2.24) is 0 Å². The Kier molecular flexibility index (Phi) is 5.68. The van der Waals surface area contributed by atoms with Crippen LogP contribution in [0.4, 0.5) is 37.7 Å². The predicted molar refractivity (Wildman–Crippen MR) is 95.0 cm³/mol. The van der Waals surface area contributed by atoms with Crippen molar-refractivity contribution in [3.63, 3.8) is 0 Å². The van der Waals surface area contributed by atoms with E-state index in [1.807, 2.05) is 0 Å². The van der Waals surface area contributed by atoms with Crippen LogP contribution in [-0.2, 0) is 12.4 Å². The van der Waals surface area contributed by atoms with E-state index in [-0.39, 0.29) is 11.4 Å². The van der Waals surface area contributed by atoms with Gasteiger partial charge in [-0.25, -0.2) is 0 Å². The second-order valence-corrected chi connectivity index (χ2v) is 6.57. The Morgan fingerprint density at radius 3 is 1.25 bits per heavy atom. The lowest BCUT2D eigenvalue weighted by Crippen LogP contribution is -2.20. The molecule has 0 saturated heterocycles. The molecule has 0 amide bonds. The molecule has 152 valence electrons. The fourth-order valence-electron chi connectivity index (χ4n) is 2.63. The van der Waals surface area contributed by atoms with Gasteiger partial charge in [0.15, 0.2) is 5.78 Å². The molecule has 2 rings (SSSR count). The first-order chi connectivity index (χ1) is 12.7. The molecule has 0 aliphatic carbocycles. The highest BCUT2D eigenvalue weighted by molar-refractivity contribution is 6.11. The van der Waals surface area contributed by atoms with Gasteiger partial charge in [-0.2, -0.15) is 26.3 Å². The first kappa shape index (κ1) is 21.6. The number of ketones is 1. The van der Waals surface area contributed by atoms with Gasteiger partial charge in [0.25, 0.3) is 0 Å². The van der Waals surface area contributed by atoms with Crippen LogP contribution < -0.4 is 9.80 Å². The molecule has 28 heavy (non-hydrogen) atoms. The zero-order valence-corrected chi connectivity index (χ0v) is 15.5. The van der Waals surface area contributed by atoms with Crippen LogP contribution in [0.3, 0.4) is 0 Å². The standard InChI is InChI=1S/C19H18F6N2O/c1-26(2)11-5-7-13(15(9-11)18(20,21)22)17(28)14-8-6-12(27(3)4)10-16(14)19(23,24)25/h5-10H,1-4H3. The third kappa shape index (κ3) is 4.40. The van der Waals surface area contributed by atoms with Gasteiger partial charge in [-0.15, -0.1) is 0 Å². The summed E-state index contributed by atoms with van der Waals surface area (Å²) in [5.74, 6) is -1.34. The van der Waals surface area contributed by atoms with Crippen LogP contribution in [0.5, 0.6) is 0 Å². The van der Waals surface area contributed by atoms with Crippen molar-refractivity contribution in [1.29, 1.82) is 0 Å². The van der Waals surface area contributed by atoms with Gasteiger partial charge in [0.1, 0.15) is 0 Å². The molecular formula is C19H18F6N2O. The van der Waals surface area contributed by atoms with Gasteiger partial charge in [-0.3, -0.25) is 4.79 Å². The number of hydrogen-bond acceptors (Lipinski definition) is 3. The monoisotopic (exact) mass is 404 g/mol. The van der Waals surface area contributed by atoms with E-state index >= 15 is 0 Å². The number of halogens is 6. The van der Waals surface area contributed by atoms with Gasteiger partial charge >= 0.3 is 12.4 Å². The SMILES string of the molecule is CN(C)c1ccc(C(=O)c2ccc(N(C)C)cc2C(F)(F)F)c(C(F)(F)F)c1. The van der Waals surface area contributed by atoms with Crippen molar-refractivity contribution in [3.8, 4) is 0 Å². The molecule has 0 spiro atoms. The lowest BCUT2D eigenvalue weighted by molar-refractivity contribution is -0.138. The molecule has 0 saturated carbocycles. The Bertz CT molecular complexity index is 813. The van der Waals surface area contributed by atoms with Crippen LogP contribution in [0.25, 0.3) is 0 Å². The summed E-state index contributed by atoms with van der Waals surface area (Å²) in [6, 6.07) is 5.80. The zero-order valence-electron chi connectivity index (χ0n) is 15.5. The highest BCUT2D eigenvalue weighted by atomic mass is 19.4. The zero-order chi connectivity index (χ0) is 21.4. The highest BCUT2D eigenvalue weighted by Crippen LogP contribution is 2.39. The van der Waals surface area contributed by atoms with E-state index in [0.717, 1.165) is 24.3 Å². The highest BCUT2D eigenvalue weighted by Gasteiger charge is 2.39. The molecular weight excluding hydrogens is 386 g/mol. The van der Waals surface area contributed by atoms with Crippen molar-refractivity contribution < 1.29 is 31.1 Å². The minimum atomic E-state index is -4.90. The molecule has 0 aromatic heterocycles. The van der Waals surface area contributed by atoms with Gasteiger partial charge in [-0.1, -0.05) is 0 Å². The average molecular weight is 404 g/mol. The van der Waals surface area contributed by atoms with Crippen molar-refractivity contribution in [3.05, 3.63) is 58.7 Å². The van der Waals surface area contributed by atoms with E-state index in [9.17, 15) is 31.1 Å². The van der Waals surface area contributed by atoms with Crippen molar-refractivity contribution >= 4 is 17.2 Å². The Balaban J connectivity index is 2.70. The van der Waals surface area contributed by atoms with Crippen LogP contribution in [0.2, 0.25) is 0 Å². The number of hydrogen-bond donors (Lipinski definition) is 0. The summed E-state index contributed by atoms with van der Waals surface area (Å²) >= 11 is 0. The molecule has 0 aliphatic heterocycles. The summed E-state index contributed by atoms with van der Waals surface area (Å²) in [5, 5.41) is 0. The first-order valence-electron chi connectivity index (χ1n) is 8.05. The van der Waals surface area contributed by atoms with E-state index in [1.165, 1.54) is 50.1 Å². The van der Waals surface area contributed by atoms with Gasteiger partial charge in [-0.05, 0) is 36.4 Å². The maximum Gasteiger partial charge on any atom is 0.417 e. The molecule has 0 heterocycles. The molecule has 0 radical (unpaired) electrons. The van der Waals surface area contributed by atoms with Gasteiger partial charge in [0.05, 0.1) is 11.1 Å². The Morgan fingerprint density at radius 1 is 0.679 bits per heavy atom. The number of carbonyl (C=O) groups excluding carboxylic acids is 1. The second kappa shape index (κ2) is 7.37. The van der Waals surface area contributed by atoms with Crippen LogP contribution in [0.15, 0.2) is 36.4 Å². The van der Waals surface area contributed by atoms with Gasteiger partial charge in [0.2, 0.25) is 0 Å². The normalized spacial score (nSPS) is 12.1. The molecule has 0 unspecified atom stereocenters. The first-order valence-corrected chi connectivity index (χ1v) is 8.05. The smallest absolute Gasteiger partial charge is 0.378 e. The van der Waals surface area contributed by atoms with E-state index < -0.39 is 40.4 Å². The molecule has 0 N–H and O–H groups in total. The topological polar surface area (TPSA) is 23.6 Å². The van der Waals surface area contributed by atoms with Crippen molar-refractivity contribution in [2.75, 3.05) is 38.0 Å². The minimum absolute atomic E-state index is 0.169. The van der Waals surface area contributed by atoms with E-state index in [0.29, 0.717) is 0 Å². The minimum Gasteiger partial charge on any atom is -0.378 e. The molecule has 0 bridgehead atoms. The van der Waals surface area contributed by atoms with Crippen LogP contribution >= 0.6 is 0 Å². The molecule has 2 aromatic carbocycles. The summed E-state index contributed by atoms with van der Waals surface area (Å²) in [6.45, 7) is 0. The summed E-state index contributed by atoms with van der Waals surface area (Å²) in [4.78, 5) is 15.5. The van der Waals surface area contributed by atoms with Crippen LogP contribution in [-0.4, -0.2) is 34.0 Å². The predicted octanol–water partition coefficient (Wildman–Crippen LogP) is 5.09. The molecule has 0 fully saturated rings. The van der Waals surface area contributed by atoms with Crippen LogP contribution in [0.1, 0.15) is 27.0 Å². The lowest BCUT2D eigenvalue weighted by atomic mass is 9.93. The average Bonchev–Trinajstić information content (AvgIpc) is 2.58. The van der Waals surface area contributed by atoms with E-state index in [4.69, 9.17) is 0 Å². The summed E-state index contributed by atoms with van der Waals surface area (Å²) in [5.41, 5.74) is -3.89. The molecule has 0 atom stereocenters. The number of nitrogens with zero attached hydrogens (tertiary/aromatic N) is 2. The lowest BCUT2D eigenvalue weighted by Gasteiger charge is -2.20. The summed E-state index contributed by atoms with van der Waals surface area (Å²) in [6.07, 6.45) is -9.81. The maximum absolute atomic E-state index is 13.5. The molecule has 9 heteroatoms. The number of benzene rings is 2. The molecule has 3 nitrogen and oxygen atoms in total. The Labute approximate surface area is 158 Å². The molecule has 2 aromatic rings.